The molecule has 1 unspecified atom stereocenters. The summed E-state index contributed by atoms with van der Waals surface area (Å²) in [7, 11) is 0. The van der Waals surface area contributed by atoms with Gasteiger partial charge in [-0.1, -0.05) is 12.1 Å². The summed E-state index contributed by atoms with van der Waals surface area (Å²) in [6, 6.07) is 7.08. The third-order valence-corrected chi connectivity index (χ3v) is 3.27. The third-order valence-electron chi connectivity index (χ3n) is 3.27. The fourth-order valence-electron chi connectivity index (χ4n) is 2.31. The molecule has 1 aliphatic rings. The molecule has 3 N–H and O–H groups in total. The second-order valence-electron chi connectivity index (χ2n) is 4.25. The maximum Gasteiger partial charge on any atom is 0.133 e. The van der Waals surface area contributed by atoms with Crippen molar-refractivity contribution >= 4 is 5.78 Å². The molecule has 0 aliphatic heterocycles. The monoisotopic (exact) mass is 205 g/mol. The second-order valence-corrected chi connectivity index (χ2v) is 4.25. The van der Waals surface area contributed by atoms with E-state index < -0.39 is 0 Å². The molecule has 15 heavy (non-hydrogen) atoms. The highest BCUT2D eigenvalue weighted by atomic mass is 16.3. The first-order chi connectivity index (χ1) is 7.16. The largest absolute Gasteiger partial charge is 0.508 e. The van der Waals surface area contributed by atoms with E-state index in [1.165, 1.54) is 0 Å². The van der Waals surface area contributed by atoms with E-state index >= 15 is 0 Å². The molecule has 0 saturated heterocycles. The van der Waals surface area contributed by atoms with Gasteiger partial charge < -0.3 is 10.8 Å². The van der Waals surface area contributed by atoms with Crippen LogP contribution in [0, 0.1) is 0 Å². The van der Waals surface area contributed by atoms with Gasteiger partial charge in [0.2, 0.25) is 0 Å². The van der Waals surface area contributed by atoms with E-state index in [0.29, 0.717) is 19.4 Å². The number of nitrogens with two attached hydrogens (primary N) is 1. The number of rotatable bonds is 2. The third kappa shape index (κ3) is 1.75. The van der Waals surface area contributed by atoms with Gasteiger partial charge in [0.25, 0.3) is 0 Å². The number of Topliss-reactive ketones (excluding diaryl/α,β-unsaturated/α-hetero) is 1. The van der Waals surface area contributed by atoms with Crippen LogP contribution in [0.1, 0.15) is 24.8 Å². The van der Waals surface area contributed by atoms with Crippen LogP contribution in [-0.2, 0) is 10.2 Å². The minimum atomic E-state index is -0.240. The normalized spacial score (nSPS) is 25.8. The van der Waals surface area contributed by atoms with E-state index in [1.54, 1.807) is 18.2 Å². The van der Waals surface area contributed by atoms with Gasteiger partial charge in [0, 0.05) is 24.8 Å². The van der Waals surface area contributed by atoms with Gasteiger partial charge in [-0.15, -0.1) is 0 Å². The summed E-state index contributed by atoms with van der Waals surface area (Å²) in [5.41, 5.74) is 6.52. The molecule has 0 heterocycles. The van der Waals surface area contributed by atoms with Gasteiger partial charge in [-0.2, -0.15) is 0 Å². The highest BCUT2D eigenvalue weighted by molar-refractivity contribution is 5.83. The Morgan fingerprint density at radius 1 is 1.47 bits per heavy atom. The molecule has 1 aliphatic carbocycles. The Morgan fingerprint density at radius 3 is 2.80 bits per heavy atom. The van der Waals surface area contributed by atoms with Crippen LogP contribution in [0.4, 0.5) is 0 Å². The lowest BCUT2D eigenvalue weighted by molar-refractivity contribution is -0.117. The van der Waals surface area contributed by atoms with Crippen LogP contribution in [0.15, 0.2) is 24.3 Å². The molecule has 0 bridgehead atoms. The molecule has 3 heteroatoms. The lowest BCUT2D eigenvalue weighted by atomic mass is 9.79. The number of benzene rings is 1. The number of ketones is 1. The van der Waals surface area contributed by atoms with Crippen molar-refractivity contribution in [1.29, 1.82) is 0 Å². The topological polar surface area (TPSA) is 63.3 Å². The van der Waals surface area contributed by atoms with Gasteiger partial charge in [0.15, 0.2) is 0 Å². The quantitative estimate of drug-likeness (QED) is 0.765. The fraction of sp³-hybridized carbons (Fsp3) is 0.417. The Bertz CT molecular complexity index is 389. The first kappa shape index (κ1) is 10.2. The van der Waals surface area contributed by atoms with Gasteiger partial charge in [0.1, 0.15) is 11.5 Å². The highest BCUT2D eigenvalue weighted by Crippen LogP contribution is 2.39. The zero-order valence-corrected chi connectivity index (χ0v) is 8.57. The van der Waals surface area contributed by atoms with Crippen molar-refractivity contribution in [3.63, 3.8) is 0 Å². The van der Waals surface area contributed by atoms with E-state index in [0.717, 1.165) is 12.0 Å². The zero-order chi connectivity index (χ0) is 10.9. The number of aromatic hydroxyl groups is 1. The number of carbonyl (C=O) groups excluding carboxylic acids is 1. The minimum Gasteiger partial charge on any atom is -0.508 e. The summed E-state index contributed by atoms with van der Waals surface area (Å²) in [4.78, 5) is 11.4. The van der Waals surface area contributed by atoms with E-state index in [4.69, 9.17) is 5.73 Å². The van der Waals surface area contributed by atoms with Gasteiger partial charge in [-0.3, -0.25) is 4.79 Å². The molecule has 1 aromatic carbocycles. The van der Waals surface area contributed by atoms with Crippen LogP contribution >= 0.6 is 0 Å². The lowest BCUT2D eigenvalue weighted by Crippen LogP contribution is -2.32. The summed E-state index contributed by atoms with van der Waals surface area (Å²) < 4.78 is 0. The molecule has 1 fully saturated rings. The van der Waals surface area contributed by atoms with E-state index in [9.17, 15) is 9.90 Å². The van der Waals surface area contributed by atoms with Gasteiger partial charge in [-0.25, -0.2) is 0 Å². The van der Waals surface area contributed by atoms with Crippen molar-refractivity contribution in [2.45, 2.75) is 24.7 Å². The molecule has 0 radical (unpaired) electrons. The number of hydrogen-bond acceptors (Lipinski definition) is 3. The number of carbonyl (C=O) groups is 1. The van der Waals surface area contributed by atoms with Gasteiger partial charge >= 0.3 is 0 Å². The molecule has 0 amide bonds. The predicted molar refractivity (Wildman–Crippen MR) is 57.7 cm³/mol. The number of hydrogen-bond donors (Lipinski definition) is 2. The van der Waals surface area contributed by atoms with Gasteiger partial charge in [-0.05, 0) is 24.1 Å². The van der Waals surface area contributed by atoms with E-state index in [1.807, 2.05) is 6.07 Å². The van der Waals surface area contributed by atoms with Crippen LogP contribution in [0.5, 0.6) is 5.75 Å². The average molecular weight is 205 g/mol. The first-order valence-corrected chi connectivity index (χ1v) is 5.18. The van der Waals surface area contributed by atoms with Gasteiger partial charge in [0.05, 0.1) is 0 Å². The maximum atomic E-state index is 11.4. The fourth-order valence-corrected chi connectivity index (χ4v) is 2.31. The van der Waals surface area contributed by atoms with Crippen molar-refractivity contribution in [2.75, 3.05) is 6.54 Å². The maximum absolute atomic E-state index is 11.4. The molecule has 0 spiro atoms. The molecule has 1 atom stereocenters. The summed E-state index contributed by atoms with van der Waals surface area (Å²) >= 11 is 0. The smallest absolute Gasteiger partial charge is 0.133 e. The van der Waals surface area contributed by atoms with Crippen molar-refractivity contribution < 1.29 is 9.90 Å². The summed E-state index contributed by atoms with van der Waals surface area (Å²) in [6.45, 7) is 0.461. The Kier molecular flexibility index (Phi) is 2.49. The van der Waals surface area contributed by atoms with E-state index in [-0.39, 0.29) is 16.9 Å². The van der Waals surface area contributed by atoms with Crippen LogP contribution < -0.4 is 5.73 Å². The minimum absolute atomic E-state index is 0.236. The summed E-state index contributed by atoms with van der Waals surface area (Å²) in [6.07, 6.45) is 1.91. The standard InChI is InChI=1S/C12H15NO2/c13-8-12(5-4-11(15)7-12)9-2-1-3-10(14)6-9/h1-3,6,14H,4-5,7-8,13H2. The molecule has 2 rings (SSSR count). The van der Waals surface area contributed by atoms with Crippen molar-refractivity contribution in [1.82, 2.24) is 0 Å². The molecule has 1 aromatic rings. The van der Waals surface area contributed by atoms with Crippen molar-refractivity contribution in [2.24, 2.45) is 5.73 Å². The van der Waals surface area contributed by atoms with Crippen LogP contribution in [-0.4, -0.2) is 17.4 Å². The molecule has 1 saturated carbocycles. The Morgan fingerprint density at radius 2 is 2.27 bits per heavy atom. The van der Waals surface area contributed by atoms with Crippen molar-refractivity contribution in [3.05, 3.63) is 29.8 Å². The predicted octanol–water partition coefficient (Wildman–Crippen LogP) is 1.34. The lowest BCUT2D eigenvalue weighted by Gasteiger charge is -2.26. The van der Waals surface area contributed by atoms with Crippen molar-refractivity contribution in [3.8, 4) is 5.75 Å². The molecular weight excluding hydrogens is 190 g/mol. The van der Waals surface area contributed by atoms with Crippen LogP contribution in [0.2, 0.25) is 0 Å². The molecule has 0 aromatic heterocycles. The summed E-state index contributed by atoms with van der Waals surface area (Å²) in [5.74, 6) is 0.503. The van der Waals surface area contributed by atoms with Crippen LogP contribution in [0.25, 0.3) is 0 Å². The molecule has 3 nitrogen and oxygen atoms in total. The average Bonchev–Trinajstić information content (AvgIpc) is 2.61. The summed E-state index contributed by atoms with van der Waals surface area (Å²) in [5, 5.41) is 9.42. The number of phenols is 1. The number of phenolic OH excluding ortho intramolecular Hbond substituents is 1. The second kappa shape index (κ2) is 3.66. The van der Waals surface area contributed by atoms with E-state index in [2.05, 4.69) is 0 Å². The SMILES string of the molecule is NCC1(c2cccc(O)c2)CCC(=O)C1. The Balaban J connectivity index is 2.38. The zero-order valence-electron chi connectivity index (χ0n) is 8.57. The Labute approximate surface area is 88.9 Å². The first-order valence-electron chi connectivity index (χ1n) is 5.18. The molecular formula is C12H15NO2. The Hall–Kier alpha value is -1.35. The molecule has 80 valence electrons. The highest BCUT2D eigenvalue weighted by Gasteiger charge is 2.38. The van der Waals surface area contributed by atoms with Crippen LogP contribution in [0.3, 0.4) is 0 Å².